The first-order chi connectivity index (χ1) is 20.5. The summed E-state index contributed by atoms with van der Waals surface area (Å²) in [5.41, 5.74) is 0.309. The standard InChI is InChI=1S/C29H32F5N5O4S/c1-5-38-14-18(2)26(28(30,31)15-38)37-27(40)21-11-19(12-23-25(21)36-17-39(23)16-29(32,33)34)7-6-10-35-22-9-8-20(44(4,41)42)13-24(22)43-3/h8-9,11-13,17-18,26,35H,5,10,14-16H2,1-4H3,(H,37,40)/t18-,26+/m0/s1. The molecule has 9 nitrogen and oxygen atoms in total. The van der Waals surface area contributed by atoms with E-state index in [1.807, 2.05) is 0 Å². The molecule has 1 fully saturated rings. The number of nitrogens with one attached hydrogen (secondary N) is 2. The highest BCUT2D eigenvalue weighted by Crippen LogP contribution is 2.32. The third-order valence-corrected chi connectivity index (χ3v) is 8.37. The summed E-state index contributed by atoms with van der Waals surface area (Å²) in [6.45, 7) is 2.23. The van der Waals surface area contributed by atoms with Crippen molar-refractivity contribution in [2.75, 3.05) is 44.9 Å². The summed E-state index contributed by atoms with van der Waals surface area (Å²) in [4.78, 5) is 19.0. The zero-order valence-corrected chi connectivity index (χ0v) is 25.2. The van der Waals surface area contributed by atoms with E-state index in [2.05, 4.69) is 27.5 Å². The minimum Gasteiger partial charge on any atom is -0.495 e. The lowest BCUT2D eigenvalue weighted by molar-refractivity contribution is -0.140. The van der Waals surface area contributed by atoms with Crippen molar-refractivity contribution in [2.45, 2.75) is 43.4 Å². The summed E-state index contributed by atoms with van der Waals surface area (Å²) in [6, 6.07) is 5.40. The number of anilines is 1. The van der Waals surface area contributed by atoms with Crippen LogP contribution in [-0.4, -0.2) is 86.5 Å². The molecule has 0 spiro atoms. The van der Waals surface area contributed by atoms with Crippen LogP contribution in [0.25, 0.3) is 11.0 Å². The number of carbonyl (C=O) groups excluding carboxylic acids is 1. The number of methoxy groups -OCH3 is 1. The van der Waals surface area contributed by atoms with Gasteiger partial charge in [-0.05, 0) is 36.7 Å². The normalized spacial score (nSPS) is 18.8. The van der Waals surface area contributed by atoms with Gasteiger partial charge in [0.25, 0.3) is 11.8 Å². The van der Waals surface area contributed by atoms with E-state index in [0.29, 0.717) is 18.8 Å². The molecular weight excluding hydrogens is 609 g/mol. The van der Waals surface area contributed by atoms with Gasteiger partial charge >= 0.3 is 6.18 Å². The van der Waals surface area contributed by atoms with Gasteiger partial charge in [0.2, 0.25) is 0 Å². The number of imidazole rings is 1. The molecule has 238 valence electrons. The Bertz CT molecular complexity index is 1710. The molecule has 2 N–H and O–H groups in total. The molecule has 15 heteroatoms. The Morgan fingerprint density at radius 3 is 2.57 bits per heavy atom. The number of rotatable bonds is 8. The van der Waals surface area contributed by atoms with Crippen molar-refractivity contribution < 1.29 is 39.9 Å². The van der Waals surface area contributed by atoms with Crippen molar-refractivity contribution in [3.8, 4) is 17.6 Å². The van der Waals surface area contributed by atoms with Gasteiger partial charge in [-0.2, -0.15) is 13.2 Å². The van der Waals surface area contributed by atoms with Crippen LogP contribution in [0.5, 0.6) is 5.75 Å². The fraction of sp³-hybridized carbons (Fsp3) is 0.448. The van der Waals surface area contributed by atoms with Crippen molar-refractivity contribution in [3.05, 3.63) is 47.8 Å². The molecule has 2 aromatic carbocycles. The van der Waals surface area contributed by atoms with E-state index in [1.165, 1.54) is 37.4 Å². The highest BCUT2D eigenvalue weighted by molar-refractivity contribution is 7.90. The van der Waals surface area contributed by atoms with Gasteiger partial charge in [-0.1, -0.05) is 25.7 Å². The van der Waals surface area contributed by atoms with E-state index >= 15 is 8.78 Å². The SMILES string of the molecule is CCN1C[C@H](C)[C@@H](NC(=O)c2cc(C#CCNc3ccc(S(C)(=O)=O)cc3OC)cc3c2ncn3CC(F)(F)F)C(F)(F)C1. The van der Waals surface area contributed by atoms with Gasteiger partial charge in [0.15, 0.2) is 9.84 Å². The van der Waals surface area contributed by atoms with Crippen molar-refractivity contribution in [3.63, 3.8) is 0 Å². The van der Waals surface area contributed by atoms with Crippen molar-refractivity contribution in [2.24, 2.45) is 5.92 Å². The van der Waals surface area contributed by atoms with E-state index < -0.39 is 52.9 Å². The zero-order valence-electron chi connectivity index (χ0n) is 24.4. The van der Waals surface area contributed by atoms with Gasteiger partial charge in [-0.15, -0.1) is 0 Å². The molecule has 44 heavy (non-hydrogen) atoms. The molecule has 1 aliphatic heterocycles. The van der Waals surface area contributed by atoms with E-state index in [0.717, 1.165) is 17.2 Å². The van der Waals surface area contributed by atoms with Crippen LogP contribution in [0.3, 0.4) is 0 Å². The number of aromatic nitrogens is 2. The van der Waals surface area contributed by atoms with Crippen LogP contribution in [0.15, 0.2) is 41.6 Å². The van der Waals surface area contributed by atoms with Crippen molar-refractivity contribution in [1.82, 2.24) is 19.8 Å². The van der Waals surface area contributed by atoms with Gasteiger partial charge in [-0.3, -0.25) is 9.69 Å². The van der Waals surface area contributed by atoms with Crippen LogP contribution in [-0.2, 0) is 16.4 Å². The van der Waals surface area contributed by atoms with Gasteiger partial charge < -0.3 is 19.9 Å². The molecule has 1 saturated heterocycles. The number of sulfone groups is 1. The largest absolute Gasteiger partial charge is 0.495 e. The molecule has 1 aliphatic rings. The predicted molar refractivity (Wildman–Crippen MR) is 155 cm³/mol. The summed E-state index contributed by atoms with van der Waals surface area (Å²) >= 11 is 0. The quantitative estimate of drug-likeness (QED) is 0.281. The number of alkyl halides is 5. The molecule has 1 amide bonds. The summed E-state index contributed by atoms with van der Waals surface area (Å²) in [7, 11) is -2.10. The number of piperidine rings is 1. The fourth-order valence-corrected chi connectivity index (χ4v) is 5.80. The number of likely N-dealkylation sites (tertiary alicyclic amines) is 1. The van der Waals surface area contributed by atoms with Gasteiger partial charge in [0.05, 0.1) is 54.2 Å². The highest BCUT2D eigenvalue weighted by atomic mass is 32.2. The lowest BCUT2D eigenvalue weighted by Crippen LogP contribution is -2.62. The Labute approximate surface area is 251 Å². The summed E-state index contributed by atoms with van der Waals surface area (Å²) < 4.78 is 99.6. The maximum absolute atomic E-state index is 15.0. The maximum atomic E-state index is 15.0. The first-order valence-electron chi connectivity index (χ1n) is 13.6. The molecule has 0 radical (unpaired) electrons. The Hall–Kier alpha value is -3.90. The first-order valence-corrected chi connectivity index (χ1v) is 15.5. The average Bonchev–Trinajstić information content (AvgIpc) is 3.32. The summed E-state index contributed by atoms with van der Waals surface area (Å²) in [5, 5.41) is 5.38. The van der Waals surface area contributed by atoms with Crippen LogP contribution in [0.2, 0.25) is 0 Å². The monoisotopic (exact) mass is 641 g/mol. The Kier molecular flexibility index (Phi) is 9.46. The second-order valence-electron chi connectivity index (χ2n) is 10.7. The van der Waals surface area contributed by atoms with Crippen molar-refractivity contribution in [1.29, 1.82) is 0 Å². The summed E-state index contributed by atoms with van der Waals surface area (Å²) in [5.74, 6) is 1.12. The van der Waals surface area contributed by atoms with Crippen LogP contribution < -0.4 is 15.4 Å². The zero-order chi connectivity index (χ0) is 32.4. The Balaban J connectivity index is 1.64. The maximum Gasteiger partial charge on any atom is 0.406 e. The smallest absolute Gasteiger partial charge is 0.406 e. The van der Waals surface area contributed by atoms with E-state index in [9.17, 15) is 26.4 Å². The molecule has 1 aromatic heterocycles. The minimum absolute atomic E-state index is 0.00962. The van der Waals surface area contributed by atoms with E-state index in [4.69, 9.17) is 4.74 Å². The summed E-state index contributed by atoms with van der Waals surface area (Å²) in [6.07, 6.45) is -2.58. The lowest BCUT2D eigenvalue weighted by Gasteiger charge is -2.42. The first kappa shape index (κ1) is 33.0. The minimum atomic E-state index is -4.59. The molecule has 4 rings (SSSR count). The molecular formula is C29H32F5N5O4S. The van der Waals surface area contributed by atoms with Gasteiger partial charge in [0, 0.05) is 24.4 Å². The average molecular weight is 642 g/mol. The van der Waals surface area contributed by atoms with Crippen LogP contribution in [0.1, 0.15) is 29.8 Å². The third kappa shape index (κ3) is 7.59. The van der Waals surface area contributed by atoms with E-state index in [1.54, 1.807) is 18.7 Å². The van der Waals surface area contributed by atoms with Crippen LogP contribution in [0.4, 0.5) is 27.6 Å². The second kappa shape index (κ2) is 12.6. The molecule has 0 saturated carbocycles. The highest BCUT2D eigenvalue weighted by Gasteiger charge is 2.48. The number of benzene rings is 2. The molecule has 2 heterocycles. The number of fused-ring (bicyclic) bond motifs is 1. The molecule has 2 atom stereocenters. The number of halogens is 5. The van der Waals surface area contributed by atoms with Gasteiger partial charge in [-0.25, -0.2) is 22.2 Å². The fourth-order valence-electron chi connectivity index (χ4n) is 5.16. The van der Waals surface area contributed by atoms with Crippen LogP contribution in [0, 0.1) is 17.8 Å². The predicted octanol–water partition coefficient (Wildman–Crippen LogP) is 4.18. The lowest BCUT2D eigenvalue weighted by atomic mass is 9.90. The number of carbonyl (C=O) groups is 1. The number of ether oxygens (including phenoxy) is 1. The topological polar surface area (TPSA) is 106 Å². The number of hydrogen-bond donors (Lipinski definition) is 2. The molecule has 0 aliphatic carbocycles. The molecule has 0 unspecified atom stereocenters. The number of amides is 1. The van der Waals surface area contributed by atoms with E-state index in [-0.39, 0.29) is 39.4 Å². The second-order valence-corrected chi connectivity index (χ2v) is 12.7. The van der Waals surface area contributed by atoms with Gasteiger partial charge in [0.1, 0.15) is 17.8 Å². The van der Waals surface area contributed by atoms with Crippen molar-refractivity contribution >= 4 is 32.5 Å². The Morgan fingerprint density at radius 1 is 1.23 bits per heavy atom. The number of hydrogen-bond acceptors (Lipinski definition) is 7. The number of nitrogens with zero attached hydrogens (tertiary/aromatic N) is 3. The third-order valence-electron chi connectivity index (χ3n) is 7.26. The molecule has 3 aromatic rings. The van der Waals surface area contributed by atoms with Crippen LogP contribution >= 0.6 is 0 Å². The molecule has 0 bridgehead atoms. The Morgan fingerprint density at radius 2 is 1.95 bits per heavy atom.